The fourth-order valence-corrected chi connectivity index (χ4v) is 6.32. The van der Waals surface area contributed by atoms with E-state index in [1.54, 1.807) is 12.1 Å². The number of amides is 1. The molecule has 1 aromatic heterocycles. The molecule has 9 heteroatoms. The van der Waals surface area contributed by atoms with Gasteiger partial charge in [0, 0.05) is 24.8 Å². The molecule has 1 amide bonds. The molecule has 6 rings (SSSR count). The van der Waals surface area contributed by atoms with Gasteiger partial charge in [-0.25, -0.2) is 4.39 Å². The van der Waals surface area contributed by atoms with Gasteiger partial charge in [-0.05, 0) is 30.5 Å². The summed E-state index contributed by atoms with van der Waals surface area (Å²) in [7, 11) is 0. The van der Waals surface area contributed by atoms with Crippen molar-refractivity contribution in [1.82, 2.24) is 5.16 Å². The Hall–Kier alpha value is -2.26. The fourth-order valence-electron chi connectivity index (χ4n) is 6.32. The molecule has 190 valence electrons. The first kappa shape index (κ1) is 25.8. The lowest BCUT2D eigenvalue weighted by Gasteiger charge is -2.52. The minimum absolute atomic E-state index is 0. The lowest BCUT2D eigenvalue weighted by Crippen LogP contribution is -3.00. The van der Waals surface area contributed by atoms with Gasteiger partial charge in [-0.3, -0.25) is 9.59 Å². The van der Waals surface area contributed by atoms with Crippen molar-refractivity contribution in [2.75, 3.05) is 31.5 Å². The maximum absolute atomic E-state index is 14.1. The molecule has 1 atom stereocenters. The molecule has 2 bridgehead atoms. The second kappa shape index (κ2) is 10.8. The summed E-state index contributed by atoms with van der Waals surface area (Å²) < 4.78 is 25.8. The van der Waals surface area contributed by atoms with Crippen molar-refractivity contribution in [3.63, 3.8) is 0 Å². The SMILES string of the molecule is O=C(C[N+]12CCC(CC1)[C@@H](OC(=O)C1(c3cccc(F)c3)CCCCCC1)C2)Nc1ccon1.[Br-]. The summed E-state index contributed by atoms with van der Waals surface area (Å²) in [5.74, 6) is 0.0732. The van der Waals surface area contributed by atoms with Crippen LogP contribution in [0.25, 0.3) is 0 Å². The van der Waals surface area contributed by atoms with Crippen LogP contribution in [-0.2, 0) is 19.7 Å². The second-order valence-electron chi connectivity index (χ2n) is 10.4. The summed E-state index contributed by atoms with van der Waals surface area (Å²) in [5, 5.41) is 6.54. The number of anilines is 1. The van der Waals surface area contributed by atoms with Crippen LogP contribution in [0.2, 0.25) is 0 Å². The molecule has 35 heavy (non-hydrogen) atoms. The Morgan fingerprint density at radius 2 is 1.89 bits per heavy atom. The quantitative estimate of drug-likeness (QED) is 0.332. The van der Waals surface area contributed by atoms with Gasteiger partial charge >= 0.3 is 5.97 Å². The van der Waals surface area contributed by atoms with Crippen molar-refractivity contribution in [2.45, 2.75) is 62.9 Å². The molecule has 0 unspecified atom stereocenters. The monoisotopic (exact) mass is 549 g/mol. The van der Waals surface area contributed by atoms with E-state index in [0.717, 1.165) is 57.2 Å². The summed E-state index contributed by atoms with van der Waals surface area (Å²) in [6.07, 6.45) is 8.47. The first-order valence-corrected chi connectivity index (χ1v) is 12.5. The predicted octanol–water partition coefficient (Wildman–Crippen LogP) is 1.20. The van der Waals surface area contributed by atoms with Gasteiger partial charge in [0.05, 0.1) is 18.5 Å². The van der Waals surface area contributed by atoms with E-state index in [1.807, 2.05) is 6.07 Å². The number of nitrogens with one attached hydrogen (secondary N) is 1. The van der Waals surface area contributed by atoms with Gasteiger partial charge in [-0.2, -0.15) is 0 Å². The number of piperidine rings is 3. The van der Waals surface area contributed by atoms with Gasteiger partial charge in [0.15, 0.2) is 18.5 Å². The van der Waals surface area contributed by atoms with Crippen LogP contribution in [0.15, 0.2) is 41.1 Å². The largest absolute Gasteiger partial charge is 1.00 e. The van der Waals surface area contributed by atoms with Crippen LogP contribution in [0.1, 0.15) is 56.9 Å². The Labute approximate surface area is 215 Å². The highest BCUT2D eigenvalue weighted by Crippen LogP contribution is 2.42. The van der Waals surface area contributed by atoms with Crippen molar-refractivity contribution >= 4 is 17.7 Å². The highest BCUT2D eigenvalue weighted by Gasteiger charge is 2.51. The van der Waals surface area contributed by atoms with E-state index in [9.17, 15) is 14.0 Å². The number of rotatable bonds is 6. The Kier molecular flexibility index (Phi) is 7.96. The van der Waals surface area contributed by atoms with E-state index >= 15 is 0 Å². The van der Waals surface area contributed by atoms with Crippen molar-refractivity contribution in [3.05, 3.63) is 48.0 Å². The van der Waals surface area contributed by atoms with E-state index in [1.165, 1.54) is 18.4 Å². The molecule has 4 fully saturated rings. The average molecular weight is 550 g/mol. The van der Waals surface area contributed by atoms with Gasteiger partial charge in [-0.15, -0.1) is 0 Å². The van der Waals surface area contributed by atoms with Crippen LogP contribution in [-0.4, -0.2) is 53.8 Å². The molecule has 1 aromatic carbocycles. The highest BCUT2D eigenvalue weighted by atomic mass is 79.9. The number of ether oxygens (including phenoxy) is 1. The fraction of sp³-hybridized carbons (Fsp3) is 0.577. The van der Waals surface area contributed by atoms with Crippen LogP contribution in [0.5, 0.6) is 0 Å². The van der Waals surface area contributed by atoms with E-state index in [4.69, 9.17) is 9.26 Å². The van der Waals surface area contributed by atoms with Crippen LogP contribution in [0, 0.1) is 11.7 Å². The first-order valence-electron chi connectivity index (χ1n) is 12.5. The van der Waals surface area contributed by atoms with Crippen molar-refractivity contribution in [1.29, 1.82) is 0 Å². The maximum atomic E-state index is 14.1. The molecule has 2 aromatic rings. The van der Waals surface area contributed by atoms with Crippen molar-refractivity contribution in [2.24, 2.45) is 5.92 Å². The second-order valence-corrected chi connectivity index (χ2v) is 10.4. The third-order valence-corrected chi connectivity index (χ3v) is 8.21. The standard InChI is InChI=1S/C26H32FN3O4.BrH/c27-21-7-5-6-20(16-21)26(11-3-1-2-4-12-26)25(32)34-22-17-30(13-8-19(22)9-14-30)18-24(31)28-23-10-15-33-29-23;/h5-7,10,15-16,19,22H,1-4,8-9,11-14,17-18H2;1H/t19?,22-,30?;/m0./s1. The zero-order valence-electron chi connectivity index (χ0n) is 19.9. The summed E-state index contributed by atoms with van der Waals surface area (Å²) in [6, 6.07) is 8.10. The van der Waals surface area contributed by atoms with E-state index in [0.29, 0.717) is 42.1 Å². The number of carbonyl (C=O) groups is 2. The molecule has 3 saturated heterocycles. The molecule has 4 aliphatic rings. The smallest absolute Gasteiger partial charge is 0.317 e. The normalized spacial score (nSPS) is 27.3. The van der Waals surface area contributed by atoms with E-state index in [2.05, 4.69) is 10.5 Å². The minimum atomic E-state index is -0.792. The van der Waals surface area contributed by atoms with Crippen LogP contribution >= 0.6 is 0 Å². The minimum Gasteiger partial charge on any atom is -1.00 e. The van der Waals surface area contributed by atoms with Gasteiger partial charge in [0.25, 0.3) is 5.91 Å². The Morgan fingerprint density at radius 3 is 2.54 bits per heavy atom. The molecule has 0 radical (unpaired) electrons. The number of halogens is 2. The number of hydrogen-bond acceptors (Lipinski definition) is 5. The molecule has 0 spiro atoms. The summed E-state index contributed by atoms with van der Waals surface area (Å²) in [5.41, 5.74) is -0.0590. The van der Waals surface area contributed by atoms with Gasteiger partial charge < -0.3 is 36.0 Å². The third-order valence-electron chi connectivity index (χ3n) is 8.21. The number of carbonyl (C=O) groups excluding carboxylic acids is 2. The molecule has 1 saturated carbocycles. The van der Waals surface area contributed by atoms with Gasteiger partial charge in [0.2, 0.25) is 0 Å². The third kappa shape index (κ3) is 5.45. The number of quaternary nitrogens is 1. The van der Waals surface area contributed by atoms with Crippen molar-refractivity contribution in [3.8, 4) is 0 Å². The molecule has 3 aliphatic heterocycles. The van der Waals surface area contributed by atoms with E-state index in [-0.39, 0.29) is 40.8 Å². The molecular weight excluding hydrogens is 517 g/mol. The molecule has 1 N–H and O–H groups in total. The zero-order chi connectivity index (χ0) is 23.6. The molecule has 1 aliphatic carbocycles. The number of benzene rings is 1. The van der Waals surface area contributed by atoms with E-state index < -0.39 is 5.41 Å². The Balaban J connectivity index is 0.00000289. The highest BCUT2D eigenvalue weighted by molar-refractivity contribution is 5.90. The Morgan fingerprint density at radius 1 is 1.14 bits per heavy atom. The summed E-state index contributed by atoms with van der Waals surface area (Å²) in [4.78, 5) is 26.5. The summed E-state index contributed by atoms with van der Waals surface area (Å²) in [6.45, 7) is 2.77. The number of aromatic nitrogens is 1. The average Bonchev–Trinajstić information content (AvgIpc) is 3.20. The predicted molar refractivity (Wildman–Crippen MR) is 123 cm³/mol. The number of fused-ring (bicyclic) bond motifs is 3. The molecule has 7 nitrogen and oxygen atoms in total. The van der Waals surface area contributed by atoms with Gasteiger partial charge in [-0.1, -0.05) is 43.0 Å². The summed E-state index contributed by atoms with van der Waals surface area (Å²) >= 11 is 0. The van der Waals surface area contributed by atoms with Gasteiger partial charge in [0.1, 0.15) is 18.6 Å². The molecular formula is C26H33BrFN3O4. The number of hydrogen-bond donors (Lipinski definition) is 1. The van der Waals surface area contributed by atoms with Crippen molar-refractivity contribution < 1.29 is 44.7 Å². The van der Waals surface area contributed by atoms with Crippen LogP contribution in [0.4, 0.5) is 10.2 Å². The number of nitrogens with zero attached hydrogens (tertiary/aromatic N) is 2. The topological polar surface area (TPSA) is 81.4 Å². The molecule has 4 heterocycles. The first-order chi connectivity index (χ1) is 16.5. The lowest BCUT2D eigenvalue weighted by molar-refractivity contribution is -0.939. The zero-order valence-corrected chi connectivity index (χ0v) is 21.5. The lowest BCUT2D eigenvalue weighted by atomic mass is 9.74. The Bertz CT molecular complexity index is 1020. The maximum Gasteiger partial charge on any atom is 0.317 e. The van der Waals surface area contributed by atoms with Crippen LogP contribution < -0.4 is 22.3 Å². The van der Waals surface area contributed by atoms with Crippen LogP contribution in [0.3, 0.4) is 0 Å². The number of esters is 1.